The predicted molar refractivity (Wildman–Crippen MR) is 72.7 cm³/mol. The second-order valence-electron chi connectivity index (χ2n) is 5.04. The molecule has 1 atom stereocenters. The number of nitrogens with zero attached hydrogens (tertiary/aromatic N) is 1. The SMILES string of the molecule is CC(CO)c1cnc(CC2CCS(=O)(=O)CC2)s1. The summed E-state index contributed by atoms with van der Waals surface area (Å²) in [6.07, 6.45) is 4.22. The number of thiazole rings is 1. The molecule has 0 radical (unpaired) electrons. The Morgan fingerprint density at radius 2 is 2.17 bits per heavy atom. The Morgan fingerprint density at radius 3 is 2.78 bits per heavy atom. The van der Waals surface area contributed by atoms with Gasteiger partial charge in [0.25, 0.3) is 0 Å². The Kier molecular flexibility index (Phi) is 4.40. The normalized spacial score (nSPS) is 21.9. The van der Waals surface area contributed by atoms with Gasteiger partial charge in [0.15, 0.2) is 0 Å². The van der Waals surface area contributed by atoms with Crippen LogP contribution in [-0.4, -0.2) is 36.6 Å². The Morgan fingerprint density at radius 1 is 1.50 bits per heavy atom. The Bertz CT molecular complexity index is 481. The van der Waals surface area contributed by atoms with Crippen molar-refractivity contribution in [3.63, 3.8) is 0 Å². The molecule has 6 heteroatoms. The fourth-order valence-electron chi connectivity index (χ4n) is 2.13. The minimum atomic E-state index is -2.77. The summed E-state index contributed by atoms with van der Waals surface area (Å²) >= 11 is 1.64. The molecule has 1 aromatic heterocycles. The smallest absolute Gasteiger partial charge is 0.150 e. The quantitative estimate of drug-likeness (QED) is 0.914. The lowest BCUT2D eigenvalue weighted by Gasteiger charge is -2.20. The van der Waals surface area contributed by atoms with Gasteiger partial charge in [0.05, 0.1) is 23.1 Å². The number of aliphatic hydroxyl groups is 1. The van der Waals surface area contributed by atoms with Crippen molar-refractivity contribution < 1.29 is 13.5 Å². The maximum absolute atomic E-state index is 11.3. The van der Waals surface area contributed by atoms with Crippen LogP contribution in [0.25, 0.3) is 0 Å². The fraction of sp³-hybridized carbons (Fsp3) is 0.750. The molecule has 102 valence electrons. The van der Waals surface area contributed by atoms with E-state index in [4.69, 9.17) is 5.11 Å². The van der Waals surface area contributed by atoms with Gasteiger partial charge in [0, 0.05) is 23.4 Å². The number of hydrogen-bond donors (Lipinski definition) is 1. The van der Waals surface area contributed by atoms with Crippen LogP contribution >= 0.6 is 11.3 Å². The third-order valence-electron chi connectivity index (χ3n) is 3.47. The highest BCUT2D eigenvalue weighted by atomic mass is 32.2. The van der Waals surface area contributed by atoms with Crippen LogP contribution in [0.5, 0.6) is 0 Å². The van der Waals surface area contributed by atoms with E-state index in [0.29, 0.717) is 17.4 Å². The molecule has 1 N–H and O–H groups in total. The van der Waals surface area contributed by atoms with Crippen LogP contribution in [-0.2, 0) is 16.3 Å². The summed E-state index contributed by atoms with van der Waals surface area (Å²) in [5.41, 5.74) is 0. The Hall–Kier alpha value is -0.460. The van der Waals surface area contributed by atoms with Crippen LogP contribution in [0.2, 0.25) is 0 Å². The van der Waals surface area contributed by atoms with Gasteiger partial charge in [-0.25, -0.2) is 13.4 Å². The summed E-state index contributed by atoms with van der Waals surface area (Å²) in [5, 5.41) is 10.2. The summed E-state index contributed by atoms with van der Waals surface area (Å²) in [4.78, 5) is 5.48. The van der Waals surface area contributed by atoms with E-state index in [-0.39, 0.29) is 12.5 Å². The summed E-state index contributed by atoms with van der Waals surface area (Å²) in [7, 11) is -2.77. The standard InChI is InChI=1S/C12H19NO3S2/c1-9(8-14)11-7-13-12(17-11)6-10-2-4-18(15,16)5-3-10/h7,9-10,14H,2-6,8H2,1H3. The van der Waals surface area contributed by atoms with Crippen molar-refractivity contribution in [3.05, 3.63) is 16.1 Å². The molecule has 0 bridgehead atoms. The second kappa shape index (κ2) is 5.67. The summed E-state index contributed by atoms with van der Waals surface area (Å²) in [6.45, 7) is 2.12. The minimum absolute atomic E-state index is 0.142. The minimum Gasteiger partial charge on any atom is -0.396 e. The van der Waals surface area contributed by atoms with Crippen LogP contribution in [0.4, 0.5) is 0 Å². The molecule has 18 heavy (non-hydrogen) atoms. The van der Waals surface area contributed by atoms with E-state index >= 15 is 0 Å². The van der Waals surface area contributed by atoms with Crippen LogP contribution < -0.4 is 0 Å². The first-order valence-corrected chi connectivity index (χ1v) is 8.90. The van der Waals surface area contributed by atoms with E-state index in [9.17, 15) is 8.42 Å². The zero-order chi connectivity index (χ0) is 13.2. The molecule has 4 nitrogen and oxygen atoms in total. The van der Waals surface area contributed by atoms with Gasteiger partial charge in [0.1, 0.15) is 9.84 Å². The number of aromatic nitrogens is 1. The first-order chi connectivity index (χ1) is 8.50. The van der Waals surface area contributed by atoms with Gasteiger partial charge in [-0.1, -0.05) is 6.92 Å². The third-order valence-corrected chi connectivity index (χ3v) is 6.44. The molecule has 0 aliphatic carbocycles. The van der Waals surface area contributed by atoms with E-state index in [1.54, 1.807) is 11.3 Å². The van der Waals surface area contributed by atoms with Crippen molar-refractivity contribution >= 4 is 21.2 Å². The summed E-state index contributed by atoms with van der Waals surface area (Å²) < 4.78 is 22.7. The van der Waals surface area contributed by atoms with Gasteiger partial charge in [0.2, 0.25) is 0 Å². The predicted octanol–water partition coefficient (Wildman–Crippen LogP) is 1.61. The third kappa shape index (κ3) is 3.52. The molecule has 0 aromatic carbocycles. The summed E-state index contributed by atoms with van der Waals surface area (Å²) in [6, 6.07) is 0. The number of hydrogen-bond acceptors (Lipinski definition) is 5. The highest BCUT2D eigenvalue weighted by Crippen LogP contribution is 2.27. The van der Waals surface area contributed by atoms with Crippen LogP contribution in [0.1, 0.15) is 35.6 Å². The maximum atomic E-state index is 11.3. The van der Waals surface area contributed by atoms with Crippen LogP contribution in [0.15, 0.2) is 6.20 Å². The van der Waals surface area contributed by atoms with Crippen molar-refractivity contribution in [1.82, 2.24) is 4.98 Å². The van der Waals surface area contributed by atoms with Crippen molar-refractivity contribution in [2.75, 3.05) is 18.1 Å². The fourth-order valence-corrected chi connectivity index (χ4v) is 4.79. The number of sulfone groups is 1. The second-order valence-corrected chi connectivity index (χ2v) is 8.49. The van der Waals surface area contributed by atoms with Crippen LogP contribution in [0, 0.1) is 5.92 Å². The lowest BCUT2D eigenvalue weighted by Crippen LogP contribution is -2.24. The van der Waals surface area contributed by atoms with Gasteiger partial charge in [-0.05, 0) is 18.8 Å². The van der Waals surface area contributed by atoms with E-state index in [1.807, 2.05) is 13.1 Å². The zero-order valence-electron chi connectivity index (χ0n) is 10.5. The molecule has 1 saturated heterocycles. The lowest BCUT2D eigenvalue weighted by atomic mass is 9.99. The van der Waals surface area contributed by atoms with E-state index in [0.717, 1.165) is 29.1 Å². The van der Waals surface area contributed by atoms with E-state index < -0.39 is 9.84 Å². The van der Waals surface area contributed by atoms with Crippen molar-refractivity contribution in [3.8, 4) is 0 Å². The number of rotatable bonds is 4. The molecule has 1 aliphatic rings. The first-order valence-electron chi connectivity index (χ1n) is 6.26. The molecule has 1 fully saturated rings. The van der Waals surface area contributed by atoms with Crippen molar-refractivity contribution in [2.24, 2.45) is 5.92 Å². The van der Waals surface area contributed by atoms with Crippen molar-refractivity contribution in [2.45, 2.75) is 32.1 Å². The molecular formula is C12H19NO3S2. The average molecular weight is 289 g/mol. The van der Waals surface area contributed by atoms with Gasteiger partial charge in [-0.15, -0.1) is 11.3 Å². The molecule has 2 rings (SSSR count). The van der Waals surface area contributed by atoms with Gasteiger partial charge in [-0.2, -0.15) is 0 Å². The molecule has 1 aliphatic heterocycles. The first kappa shape index (κ1) is 14.0. The Balaban J connectivity index is 1.92. The lowest BCUT2D eigenvalue weighted by molar-refractivity contribution is 0.274. The molecule has 2 heterocycles. The Labute approximate surface area is 112 Å². The molecule has 0 spiro atoms. The molecule has 0 amide bonds. The molecular weight excluding hydrogens is 270 g/mol. The highest BCUT2D eigenvalue weighted by molar-refractivity contribution is 7.91. The van der Waals surface area contributed by atoms with Crippen molar-refractivity contribution in [1.29, 1.82) is 0 Å². The largest absolute Gasteiger partial charge is 0.396 e. The summed E-state index contributed by atoms with van der Waals surface area (Å²) in [5.74, 6) is 1.23. The van der Waals surface area contributed by atoms with Gasteiger partial charge < -0.3 is 5.11 Å². The highest BCUT2D eigenvalue weighted by Gasteiger charge is 2.24. The molecule has 1 aromatic rings. The maximum Gasteiger partial charge on any atom is 0.150 e. The molecule has 0 saturated carbocycles. The zero-order valence-corrected chi connectivity index (χ0v) is 12.1. The monoisotopic (exact) mass is 289 g/mol. The number of aliphatic hydroxyl groups excluding tert-OH is 1. The van der Waals surface area contributed by atoms with Gasteiger partial charge in [-0.3, -0.25) is 0 Å². The van der Waals surface area contributed by atoms with Crippen LogP contribution in [0.3, 0.4) is 0 Å². The van der Waals surface area contributed by atoms with E-state index in [2.05, 4.69) is 4.98 Å². The topological polar surface area (TPSA) is 67.3 Å². The van der Waals surface area contributed by atoms with E-state index in [1.165, 1.54) is 0 Å². The average Bonchev–Trinajstić information content (AvgIpc) is 2.79. The molecule has 1 unspecified atom stereocenters. The van der Waals surface area contributed by atoms with Gasteiger partial charge >= 0.3 is 0 Å².